The number of furan rings is 1. The van der Waals surface area contributed by atoms with E-state index in [2.05, 4.69) is 88.6 Å². The van der Waals surface area contributed by atoms with Gasteiger partial charge in [0.05, 0.1) is 11.2 Å². The van der Waals surface area contributed by atoms with Gasteiger partial charge in [0.1, 0.15) is 11.4 Å². The SMILES string of the molecule is [2H]c1c([2H])c([2H])c2c(c1[2H])N(c1[c-]c(Oc3[c-]c4c(cc3)c3ccccc3n4-c3cc(C(C)(C)C)ccn3)cc(C(C)(C)C)c1)[CH-]N2c1cccc2c1oc1ccccc12.[Pt]. The van der Waals surface area contributed by atoms with Crippen molar-refractivity contribution in [2.75, 3.05) is 9.80 Å². The van der Waals surface area contributed by atoms with E-state index >= 15 is 0 Å². The normalized spacial score (nSPS) is 14.1. The molecule has 6 aromatic carbocycles. The second-order valence-electron chi connectivity index (χ2n) is 16.4. The summed E-state index contributed by atoms with van der Waals surface area (Å²) in [6.45, 7) is 14.7. The molecule has 9 aromatic rings. The van der Waals surface area contributed by atoms with Crippen LogP contribution in [0.1, 0.15) is 58.2 Å². The number of para-hydroxylation sites is 5. The van der Waals surface area contributed by atoms with Crippen LogP contribution in [0.25, 0.3) is 49.6 Å². The molecular formula is C50H41N4O2Pt-3. The fourth-order valence-corrected chi connectivity index (χ4v) is 7.61. The fraction of sp³-hybridized carbons (Fsp3) is 0.160. The first kappa shape index (κ1) is 32.3. The van der Waals surface area contributed by atoms with E-state index in [-0.39, 0.29) is 56.1 Å². The van der Waals surface area contributed by atoms with Gasteiger partial charge in [0.15, 0.2) is 5.58 Å². The Labute approximate surface area is 353 Å². The van der Waals surface area contributed by atoms with Crippen LogP contribution < -0.4 is 14.5 Å². The zero-order valence-electron chi connectivity index (χ0n) is 36.4. The summed E-state index contributed by atoms with van der Waals surface area (Å²) < 4.78 is 51.1. The summed E-state index contributed by atoms with van der Waals surface area (Å²) in [7, 11) is 0. The van der Waals surface area contributed by atoms with E-state index in [1.807, 2.05) is 79.0 Å². The molecule has 0 atom stereocenters. The standard InChI is InChI=1S/C50H41N4O2.Pt/c1-49(2,3)32-24-25-51-47(28-32)54-41-17-9-7-14-37(41)38-23-22-35(30-45(38)54)55-36-27-33(50(4,5)6)26-34(29-36)52-31-53(43-19-11-10-18-42(43)52)44-20-13-16-40-39-15-8-12-21-46(39)56-48(40)44;/h7-28,31H,1-6H3;/q-3;/i10D,11D,18D,19D;. The Bertz CT molecular complexity index is 3220. The van der Waals surface area contributed by atoms with E-state index < -0.39 is 0 Å². The quantitative estimate of drug-likeness (QED) is 0.161. The Morgan fingerprint density at radius 1 is 0.667 bits per heavy atom. The van der Waals surface area contributed by atoms with E-state index in [9.17, 15) is 1.37 Å². The third kappa shape index (κ3) is 6.27. The van der Waals surface area contributed by atoms with Gasteiger partial charge in [-0.3, -0.25) is 0 Å². The molecule has 0 unspecified atom stereocenters. The van der Waals surface area contributed by atoms with E-state index in [0.29, 0.717) is 39.8 Å². The summed E-state index contributed by atoms with van der Waals surface area (Å²) >= 11 is 0. The van der Waals surface area contributed by atoms with Gasteiger partial charge in [-0.15, -0.1) is 53.6 Å². The van der Waals surface area contributed by atoms with Crippen LogP contribution in [0.3, 0.4) is 0 Å². The molecule has 10 rings (SSSR count). The van der Waals surface area contributed by atoms with Crippen molar-refractivity contribution in [1.82, 2.24) is 9.55 Å². The Hall–Kier alpha value is -5.84. The van der Waals surface area contributed by atoms with E-state index in [1.165, 1.54) is 5.56 Å². The summed E-state index contributed by atoms with van der Waals surface area (Å²) in [5.74, 6) is 1.70. The number of nitrogens with zero attached hydrogens (tertiary/aromatic N) is 4. The van der Waals surface area contributed by atoms with Gasteiger partial charge in [-0.05, 0) is 64.2 Å². The molecule has 1 aliphatic rings. The summed E-state index contributed by atoms with van der Waals surface area (Å²) in [6.07, 6.45) is 1.86. The van der Waals surface area contributed by atoms with Crippen molar-refractivity contribution < 1.29 is 35.7 Å². The molecule has 0 spiro atoms. The zero-order valence-corrected chi connectivity index (χ0v) is 34.7. The van der Waals surface area contributed by atoms with Gasteiger partial charge in [-0.2, -0.15) is 6.07 Å². The Morgan fingerprint density at radius 2 is 1.39 bits per heavy atom. The topological polar surface area (TPSA) is 46.7 Å². The molecule has 0 amide bonds. The minimum absolute atomic E-state index is 0. The number of pyridine rings is 1. The van der Waals surface area contributed by atoms with Gasteiger partial charge >= 0.3 is 0 Å². The summed E-state index contributed by atoms with van der Waals surface area (Å²) in [5.41, 5.74) is 6.67. The second-order valence-corrected chi connectivity index (χ2v) is 16.4. The van der Waals surface area contributed by atoms with Crippen molar-refractivity contribution in [2.24, 2.45) is 0 Å². The number of anilines is 4. The third-order valence-corrected chi connectivity index (χ3v) is 10.6. The molecule has 7 heteroatoms. The average molecular weight is 929 g/mol. The molecule has 1 aliphatic heterocycles. The molecule has 286 valence electrons. The first-order valence-electron chi connectivity index (χ1n) is 20.8. The number of rotatable bonds is 5. The van der Waals surface area contributed by atoms with Crippen molar-refractivity contribution in [3.05, 3.63) is 163 Å². The van der Waals surface area contributed by atoms with Crippen LogP contribution in [0.5, 0.6) is 11.5 Å². The van der Waals surface area contributed by atoms with Gasteiger partial charge in [-0.1, -0.05) is 108 Å². The molecule has 0 bridgehead atoms. The first-order valence-corrected chi connectivity index (χ1v) is 18.8. The molecule has 4 heterocycles. The maximum absolute atomic E-state index is 9.21. The van der Waals surface area contributed by atoms with Crippen molar-refractivity contribution in [1.29, 1.82) is 0 Å². The van der Waals surface area contributed by atoms with E-state index in [4.69, 9.17) is 18.3 Å². The monoisotopic (exact) mass is 928 g/mol. The number of hydrogen-bond donors (Lipinski definition) is 0. The molecule has 57 heavy (non-hydrogen) atoms. The maximum Gasteiger partial charge on any atom is 0.156 e. The third-order valence-electron chi connectivity index (χ3n) is 10.6. The molecule has 0 saturated carbocycles. The fourth-order valence-electron chi connectivity index (χ4n) is 7.61. The van der Waals surface area contributed by atoms with Crippen molar-refractivity contribution in [3.63, 3.8) is 0 Å². The van der Waals surface area contributed by atoms with Crippen LogP contribution in [0.15, 0.2) is 138 Å². The molecule has 0 fully saturated rings. The largest absolute Gasteiger partial charge is 0.509 e. The van der Waals surface area contributed by atoms with Gasteiger partial charge in [0.2, 0.25) is 0 Å². The molecule has 6 nitrogen and oxygen atoms in total. The van der Waals surface area contributed by atoms with Crippen LogP contribution in [-0.4, -0.2) is 9.55 Å². The molecule has 0 saturated heterocycles. The minimum atomic E-state index is -0.329. The number of aromatic nitrogens is 2. The predicted octanol–water partition coefficient (Wildman–Crippen LogP) is 13.5. The molecular weight excluding hydrogens is 884 g/mol. The van der Waals surface area contributed by atoms with Gasteiger partial charge < -0.3 is 23.5 Å². The molecule has 3 aromatic heterocycles. The number of fused-ring (bicyclic) bond motifs is 7. The van der Waals surface area contributed by atoms with E-state index in [0.717, 1.165) is 49.5 Å². The van der Waals surface area contributed by atoms with Gasteiger partial charge in [-0.25, -0.2) is 4.98 Å². The Balaban J connectivity index is 0.00000476. The van der Waals surface area contributed by atoms with Gasteiger partial charge in [0, 0.05) is 66.4 Å². The van der Waals surface area contributed by atoms with Crippen molar-refractivity contribution in [2.45, 2.75) is 52.4 Å². The van der Waals surface area contributed by atoms with Crippen LogP contribution >= 0.6 is 0 Å². The van der Waals surface area contributed by atoms with Crippen LogP contribution in [-0.2, 0) is 31.9 Å². The summed E-state index contributed by atoms with van der Waals surface area (Å²) in [6, 6.07) is 40.1. The number of benzene rings is 6. The van der Waals surface area contributed by atoms with E-state index in [1.54, 1.807) is 16.5 Å². The van der Waals surface area contributed by atoms with Crippen LogP contribution in [0.4, 0.5) is 22.7 Å². The smallest absolute Gasteiger partial charge is 0.156 e. The average Bonchev–Trinajstić information content (AvgIpc) is 3.92. The Kier molecular flexibility index (Phi) is 7.74. The number of hydrogen-bond acceptors (Lipinski definition) is 5. The zero-order chi connectivity index (χ0) is 41.8. The van der Waals surface area contributed by atoms with Gasteiger partial charge in [0.25, 0.3) is 0 Å². The molecule has 0 aliphatic carbocycles. The van der Waals surface area contributed by atoms with Crippen LogP contribution in [0.2, 0.25) is 0 Å². The molecule has 0 radical (unpaired) electrons. The van der Waals surface area contributed by atoms with Crippen LogP contribution in [0, 0.1) is 18.8 Å². The first-order chi connectivity index (χ1) is 28.7. The summed E-state index contributed by atoms with van der Waals surface area (Å²) in [4.78, 5) is 8.39. The maximum atomic E-state index is 9.21. The summed E-state index contributed by atoms with van der Waals surface area (Å²) in [5, 5.41) is 3.96. The predicted molar refractivity (Wildman–Crippen MR) is 229 cm³/mol. The second kappa shape index (κ2) is 13.7. The molecule has 0 N–H and O–H groups in total. The minimum Gasteiger partial charge on any atom is -0.509 e. The Morgan fingerprint density at radius 3 is 2.18 bits per heavy atom. The van der Waals surface area contributed by atoms with Crippen molar-refractivity contribution >= 4 is 66.5 Å². The van der Waals surface area contributed by atoms with Crippen molar-refractivity contribution in [3.8, 4) is 17.3 Å². The number of ether oxygens (including phenoxy) is 1.